The molecule has 0 radical (unpaired) electrons. The number of para-hydroxylation sites is 1. The highest BCUT2D eigenvalue weighted by Gasteiger charge is 2.29. The third-order valence-electron chi connectivity index (χ3n) is 3.54. The monoisotopic (exact) mass is 411 g/mol. The number of carbonyl (C=O) groups excluding carboxylic acids is 1. The number of carbonyl (C=O) groups is 1. The first-order chi connectivity index (χ1) is 11.3. The molecule has 0 aliphatic carbocycles. The van der Waals surface area contributed by atoms with E-state index in [1.807, 2.05) is 11.5 Å². The van der Waals surface area contributed by atoms with Crippen LogP contribution in [0.5, 0.6) is 0 Å². The lowest BCUT2D eigenvalue weighted by molar-refractivity contribution is -0.119. The van der Waals surface area contributed by atoms with Crippen LogP contribution < -0.4 is 15.6 Å². The molecule has 2 aromatic rings. The van der Waals surface area contributed by atoms with Crippen LogP contribution >= 0.6 is 15.9 Å². The van der Waals surface area contributed by atoms with Gasteiger partial charge in [0.05, 0.1) is 10.6 Å². The number of sulfonamides is 1. The number of nitrogens with two attached hydrogens (primary N) is 1. The van der Waals surface area contributed by atoms with Crippen LogP contribution in [0.2, 0.25) is 0 Å². The standard InChI is InChI=1S/C16H18BrN3O3S/c1-11-4-3-5-12(2)16(11)20(10-15(21)19-18)24(22,23)14-8-6-13(17)7-9-14/h3-9H,10,18H2,1-2H3,(H,19,21). The third kappa shape index (κ3) is 3.77. The second-order valence-corrected chi connectivity index (χ2v) is 8.05. The van der Waals surface area contributed by atoms with Crippen molar-refractivity contribution in [2.75, 3.05) is 10.8 Å². The summed E-state index contributed by atoms with van der Waals surface area (Å²) in [5, 5.41) is 0. The Bertz CT molecular complexity index is 831. The smallest absolute Gasteiger partial charge is 0.264 e. The Hall–Kier alpha value is -1.90. The average molecular weight is 412 g/mol. The number of benzene rings is 2. The quantitative estimate of drug-likeness (QED) is 0.448. The zero-order chi connectivity index (χ0) is 17.9. The molecule has 0 aliphatic rings. The minimum absolute atomic E-state index is 0.0955. The molecule has 0 saturated carbocycles. The molecule has 0 spiro atoms. The Labute approximate surface area is 149 Å². The van der Waals surface area contributed by atoms with E-state index in [4.69, 9.17) is 5.84 Å². The molecule has 2 aromatic carbocycles. The molecule has 0 bridgehead atoms. The number of rotatable bonds is 5. The molecule has 24 heavy (non-hydrogen) atoms. The fraction of sp³-hybridized carbons (Fsp3) is 0.188. The molecule has 0 aromatic heterocycles. The first kappa shape index (κ1) is 18.4. The van der Waals surface area contributed by atoms with Crippen LogP contribution in [0, 0.1) is 13.8 Å². The number of hydrogen-bond acceptors (Lipinski definition) is 4. The molecule has 0 aliphatic heterocycles. The molecule has 1 amide bonds. The van der Waals surface area contributed by atoms with E-state index in [1.54, 1.807) is 38.1 Å². The van der Waals surface area contributed by atoms with Gasteiger partial charge in [-0.1, -0.05) is 34.1 Å². The molecule has 3 N–H and O–H groups in total. The summed E-state index contributed by atoms with van der Waals surface area (Å²) < 4.78 is 28.0. The molecule has 0 atom stereocenters. The van der Waals surface area contributed by atoms with Gasteiger partial charge in [-0.15, -0.1) is 0 Å². The van der Waals surface area contributed by atoms with Crippen LogP contribution in [0.15, 0.2) is 51.8 Å². The van der Waals surface area contributed by atoms with Gasteiger partial charge in [0.1, 0.15) is 6.54 Å². The summed E-state index contributed by atoms with van der Waals surface area (Å²) in [6.45, 7) is 3.19. The van der Waals surface area contributed by atoms with Gasteiger partial charge < -0.3 is 0 Å². The van der Waals surface area contributed by atoms with Crippen molar-refractivity contribution in [1.29, 1.82) is 0 Å². The number of hydrogen-bond donors (Lipinski definition) is 2. The maximum atomic E-state index is 13.1. The van der Waals surface area contributed by atoms with Crippen molar-refractivity contribution >= 4 is 37.5 Å². The molecular weight excluding hydrogens is 394 g/mol. The molecular formula is C16H18BrN3O3S. The first-order valence-electron chi connectivity index (χ1n) is 7.11. The summed E-state index contributed by atoms with van der Waals surface area (Å²) in [7, 11) is -3.92. The van der Waals surface area contributed by atoms with Crippen molar-refractivity contribution in [3.63, 3.8) is 0 Å². The number of halogens is 1. The molecule has 8 heteroatoms. The van der Waals surface area contributed by atoms with Crippen LogP contribution in [-0.2, 0) is 14.8 Å². The van der Waals surface area contributed by atoms with Crippen molar-refractivity contribution in [3.8, 4) is 0 Å². The fourth-order valence-electron chi connectivity index (χ4n) is 2.39. The molecule has 0 heterocycles. The van der Waals surface area contributed by atoms with Gasteiger partial charge in [0.2, 0.25) is 0 Å². The topological polar surface area (TPSA) is 92.5 Å². The summed E-state index contributed by atoms with van der Waals surface area (Å²) in [5.74, 6) is 4.55. The Balaban J connectivity index is 2.62. The van der Waals surface area contributed by atoms with Gasteiger partial charge in [-0.05, 0) is 49.2 Å². The minimum atomic E-state index is -3.92. The first-order valence-corrected chi connectivity index (χ1v) is 9.34. The highest BCUT2D eigenvalue weighted by molar-refractivity contribution is 9.10. The number of hydrazine groups is 1. The Morgan fingerprint density at radius 3 is 2.17 bits per heavy atom. The molecule has 0 fully saturated rings. The van der Waals surface area contributed by atoms with E-state index in [2.05, 4.69) is 15.9 Å². The van der Waals surface area contributed by atoms with Crippen LogP contribution in [0.4, 0.5) is 5.69 Å². The predicted octanol–water partition coefficient (Wildman–Crippen LogP) is 2.25. The number of nitrogens with zero attached hydrogens (tertiary/aromatic N) is 1. The average Bonchev–Trinajstić information content (AvgIpc) is 2.53. The minimum Gasteiger partial charge on any atom is -0.293 e. The van der Waals surface area contributed by atoms with E-state index >= 15 is 0 Å². The SMILES string of the molecule is Cc1cccc(C)c1N(CC(=O)NN)S(=O)(=O)c1ccc(Br)cc1. The lowest BCUT2D eigenvalue weighted by Crippen LogP contribution is -2.43. The second kappa shape index (κ2) is 7.33. The van der Waals surface area contributed by atoms with E-state index in [1.165, 1.54) is 12.1 Å². The van der Waals surface area contributed by atoms with Crippen molar-refractivity contribution in [2.24, 2.45) is 5.84 Å². The summed E-state index contributed by atoms with van der Waals surface area (Å²) in [6, 6.07) is 11.7. The number of amides is 1. The van der Waals surface area contributed by atoms with E-state index in [0.717, 1.165) is 19.9 Å². The van der Waals surface area contributed by atoms with Gasteiger partial charge >= 0.3 is 0 Å². The van der Waals surface area contributed by atoms with Crippen LogP contribution in [0.3, 0.4) is 0 Å². The number of aryl methyl sites for hydroxylation is 2. The van der Waals surface area contributed by atoms with Crippen molar-refractivity contribution in [3.05, 3.63) is 58.1 Å². The van der Waals surface area contributed by atoms with Crippen LogP contribution in [-0.4, -0.2) is 20.9 Å². The van der Waals surface area contributed by atoms with Gasteiger partial charge in [0.25, 0.3) is 15.9 Å². The number of nitrogens with one attached hydrogen (secondary N) is 1. The zero-order valence-electron chi connectivity index (χ0n) is 13.3. The van der Waals surface area contributed by atoms with Gasteiger partial charge in [0, 0.05) is 4.47 Å². The van der Waals surface area contributed by atoms with Crippen molar-refractivity contribution in [1.82, 2.24) is 5.43 Å². The highest BCUT2D eigenvalue weighted by Crippen LogP contribution is 2.30. The molecule has 0 unspecified atom stereocenters. The summed E-state index contributed by atoms with van der Waals surface area (Å²) in [6.07, 6.45) is 0. The molecule has 0 saturated heterocycles. The van der Waals surface area contributed by atoms with Crippen molar-refractivity contribution in [2.45, 2.75) is 18.7 Å². The highest BCUT2D eigenvalue weighted by atomic mass is 79.9. The number of anilines is 1. The fourth-order valence-corrected chi connectivity index (χ4v) is 4.21. The lowest BCUT2D eigenvalue weighted by atomic mass is 10.1. The van der Waals surface area contributed by atoms with Gasteiger partial charge in [-0.2, -0.15) is 0 Å². The largest absolute Gasteiger partial charge is 0.293 e. The molecule has 2 rings (SSSR count). The zero-order valence-corrected chi connectivity index (χ0v) is 15.7. The maximum absolute atomic E-state index is 13.1. The summed E-state index contributed by atoms with van der Waals surface area (Å²) in [4.78, 5) is 11.9. The Kier molecular flexibility index (Phi) is 5.63. The van der Waals surface area contributed by atoms with Crippen LogP contribution in [0.1, 0.15) is 11.1 Å². The van der Waals surface area contributed by atoms with Gasteiger partial charge in [-0.3, -0.25) is 14.5 Å². The maximum Gasteiger partial charge on any atom is 0.264 e. The summed E-state index contributed by atoms with van der Waals surface area (Å²) in [5.41, 5.74) is 3.96. The Morgan fingerprint density at radius 2 is 1.67 bits per heavy atom. The van der Waals surface area contributed by atoms with Crippen LogP contribution in [0.25, 0.3) is 0 Å². The Morgan fingerprint density at radius 1 is 1.12 bits per heavy atom. The van der Waals surface area contributed by atoms with Crippen molar-refractivity contribution < 1.29 is 13.2 Å². The summed E-state index contributed by atoms with van der Waals surface area (Å²) >= 11 is 3.28. The molecule has 128 valence electrons. The lowest BCUT2D eigenvalue weighted by Gasteiger charge is -2.27. The van der Waals surface area contributed by atoms with E-state index < -0.39 is 22.5 Å². The third-order valence-corrected chi connectivity index (χ3v) is 5.83. The van der Waals surface area contributed by atoms with Gasteiger partial charge in [-0.25, -0.2) is 14.3 Å². The van der Waals surface area contributed by atoms with E-state index in [-0.39, 0.29) is 4.90 Å². The van der Waals surface area contributed by atoms with E-state index in [0.29, 0.717) is 5.69 Å². The normalized spacial score (nSPS) is 11.2. The second-order valence-electron chi connectivity index (χ2n) is 5.27. The van der Waals surface area contributed by atoms with Gasteiger partial charge in [0.15, 0.2) is 0 Å². The molecule has 6 nitrogen and oxygen atoms in total. The predicted molar refractivity (Wildman–Crippen MR) is 96.9 cm³/mol. The van der Waals surface area contributed by atoms with E-state index in [9.17, 15) is 13.2 Å².